The van der Waals surface area contributed by atoms with Crippen LogP contribution in [-0.4, -0.2) is 94.1 Å². The van der Waals surface area contributed by atoms with Gasteiger partial charge in [0.15, 0.2) is 0 Å². The number of hydrogen-bond acceptors (Lipinski definition) is 8. The van der Waals surface area contributed by atoms with Gasteiger partial charge >= 0.3 is 12.1 Å². The highest BCUT2D eigenvalue weighted by molar-refractivity contribution is 5.66. The fraction of sp³-hybridized carbons (Fsp3) is 0.882. The van der Waals surface area contributed by atoms with Crippen LogP contribution in [0.5, 0.6) is 0 Å². The van der Waals surface area contributed by atoms with Crippen molar-refractivity contribution in [2.24, 2.45) is 0 Å². The second-order valence-corrected chi connectivity index (χ2v) is 6.74. The van der Waals surface area contributed by atoms with E-state index in [0.29, 0.717) is 33.0 Å². The van der Waals surface area contributed by atoms with Gasteiger partial charge in [0.05, 0.1) is 52.7 Å². The first-order chi connectivity index (χ1) is 12.7. The number of ether oxygens (including phenoxy) is 4. The van der Waals surface area contributed by atoms with E-state index in [9.17, 15) is 9.59 Å². The molecule has 0 saturated carbocycles. The molecule has 0 aliphatic carbocycles. The van der Waals surface area contributed by atoms with Gasteiger partial charge in [0.1, 0.15) is 5.60 Å². The Morgan fingerprint density at radius 1 is 0.889 bits per heavy atom. The number of carbonyl (C=O) groups is 2. The van der Waals surface area contributed by atoms with Crippen LogP contribution in [0.1, 0.15) is 27.2 Å². The standard InChI is InChI=1S/C17H34N2O8/c1-17(2,3)27-16(22)18-26-14-13-25-10-7-19(4)6-9-24-12-11-23-8-5-15(20)21/h5-14H2,1-4H3,(H,18,22)(H,20,21). The number of carboxylic acid groups (broad SMARTS) is 1. The smallest absolute Gasteiger partial charge is 0.431 e. The Morgan fingerprint density at radius 2 is 1.41 bits per heavy atom. The molecule has 0 radical (unpaired) electrons. The van der Waals surface area contributed by atoms with E-state index in [2.05, 4.69) is 10.4 Å². The summed E-state index contributed by atoms with van der Waals surface area (Å²) in [7, 11) is 1.95. The summed E-state index contributed by atoms with van der Waals surface area (Å²) in [6.07, 6.45) is -0.625. The summed E-state index contributed by atoms with van der Waals surface area (Å²) in [6, 6.07) is 0. The summed E-state index contributed by atoms with van der Waals surface area (Å²) >= 11 is 0. The fourth-order valence-electron chi connectivity index (χ4n) is 1.65. The van der Waals surface area contributed by atoms with E-state index in [4.69, 9.17) is 28.9 Å². The zero-order valence-corrected chi connectivity index (χ0v) is 16.8. The van der Waals surface area contributed by atoms with Gasteiger partial charge in [0, 0.05) is 13.1 Å². The Labute approximate surface area is 161 Å². The van der Waals surface area contributed by atoms with Crippen molar-refractivity contribution in [3.63, 3.8) is 0 Å². The van der Waals surface area contributed by atoms with E-state index >= 15 is 0 Å². The summed E-state index contributed by atoms with van der Waals surface area (Å²) in [5, 5.41) is 8.45. The summed E-state index contributed by atoms with van der Waals surface area (Å²) in [5.74, 6) is -0.870. The molecule has 0 atom stereocenters. The van der Waals surface area contributed by atoms with Gasteiger partial charge in [-0.15, -0.1) is 0 Å². The van der Waals surface area contributed by atoms with E-state index in [-0.39, 0.29) is 19.6 Å². The average molecular weight is 394 g/mol. The molecule has 0 fully saturated rings. The van der Waals surface area contributed by atoms with Gasteiger partial charge in [0.25, 0.3) is 0 Å². The highest BCUT2D eigenvalue weighted by Gasteiger charge is 2.15. The SMILES string of the molecule is CN(CCOCCOCCC(=O)O)CCOCCONC(=O)OC(C)(C)C. The topological polar surface area (TPSA) is 116 Å². The maximum Gasteiger partial charge on any atom is 0.431 e. The molecule has 160 valence electrons. The Hall–Kier alpha value is -1.46. The first-order valence-corrected chi connectivity index (χ1v) is 8.95. The van der Waals surface area contributed by atoms with Gasteiger partial charge in [-0.25, -0.2) is 4.79 Å². The molecule has 10 heteroatoms. The van der Waals surface area contributed by atoms with Crippen molar-refractivity contribution in [1.29, 1.82) is 0 Å². The van der Waals surface area contributed by atoms with E-state index in [1.807, 2.05) is 7.05 Å². The third kappa shape index (κ3) is 20.7. The van der Waals surface area contributed by atoms with Crippen LogP contribution in [0.15, 0.2) is 0 Å². The first kappa shape index (κ1) is 25.5. The van der Waals surface area contributed by atoms with Crippen molar-refractivity contribution in [2.45, 2.75) is 32.8 Å². The highest BCUT2D eigenvalue weighted by atomic mass is 16.7. The van der Waals surface area contributed by atoms with Crippen molar-refractivity contribution >= 4 is 12.1 Å². The highest BCUT2D eigenvalue weighted by Crippen LogP contribution is 2.06. The molecule has 0 rings (SSSR count). The largest absolute Gasteiger partial charge is 0.481 e. The third-order valence-electron chi connectivity index (χ3n) is 2.95. The van der Waals surface area contributed by atoms with Crippen molar-refractivity contribution < 1.29 is 38.5 Å². The number of aliphatic carboxylic acids is 1. The molecule has 0 aliphatic heterocycles. The summed E-state index contributed by atoms with van der Waals surface area (Å²) in [4.78, 5) is 28.6. The number of nitrogens with zero attached hydrogens (tertiary/aromatic N) is 1. The van der Waals surface area contributed by atoms with Gasteiger partial charge in [-0.2, -0.15) is 5.48 Å². The normalized spacial score (nSPS) is 11.6. The Bertz CT molecular complexity index is 401. The lowest BCUT2D eigenvalue weighted by Crippen LogP contribution is -2.33. The number of rotatable bonds is 16. The van der Waals surface area contributed by atoms with Crippen molar-refractivity contribution in [3.8, 4) is 0 Å². The fourth-order valence-corrected chi connectivity index (χ4v) is 1.65. The quantitative estimate of drug-likeness (QED) is 0.291. The van der Waals surface area contributed by atoms with Gasteiger partial charge in [0.2, 0.25) is 0 Å². The van der Waals surface area contributed by atoms with Crippen LogP contribution in [0, 0.1) is 0 Å². The zero-order chi connectivity index (χ0) is 20.5. The van der Waals surface area contributed by atoms with Crippen LogP contribution in [0.25, 0.3) is 0 Å². The Balaban J connectivity index is 3.33. The minimum absolute atomic E-state index is 0.00481. The molecule has 0 aromatic carbocycles. The molecule has 2 N–H and O–H groups in total. The van der Waals surface area contributed by atoms with Crippen LogP contribution in [0.4, 0.5) is 4.79 Å². The molecule has 0 unspecified atom stereocenters. The summed E-state index contributed by atoms with van der Waals surface area (Å²) < 4.78 is 20.9. The number of carbonyl (C=O) groups excluding carboxylic acids is 1. The van der Waals surface area contributed by atoms with Gasteiger partial charge in [-0.1, -0.05) is 0 Å². The molecule has 0 aliphatic rings. The minimum Gasteiger partial charge on any atom is -0.481 e. The predicted octanol–water partition coefficient (Wildman–Crippen LogP) is 0.899. The van der Waals surface area contributed by atoms with Crippen molar-refractivity contribution in [1.82, 2.24) is 10.4 Å². The van der Waals surface area contributed by atoms with E-state index in [1.54, 1.807) is 20.8 Å². The maximum atomic E-state index is 11.3. The maximum absolute atomic E-state index is 11.3. The second-order valence-electron chi connectivity index (χ2n) is 6.74. The number of hydrogen-bond donors (Lipinski definition) is 2. The minimum atomic E-state index is -0.870. The monoisotopic (exact) mass is 394 g/mol. The number of hydroxylamine groups is 1. The van der Waals surface area contributed by atoms with Crippen LogP contribution >= 0.6 is 0 Å². The molecule has 0 saturated heterocycles. The van der Waals surface area contributed by atoms with Crippen molar-refractivity contribution in [3.05, 3.63) is 0 Å². The number of nitrogens with one attached hydrogen (secondary N) is 1. The average Bonchev–Trinajstić information content (AvgIpc) is 2.54. The molecular weight excluding hydrogens is 360 g/mol. The molecule has 0 heterocycles. The third-order valence-corrected chi connectivity index (χ3v) is 2.95. The molecule has 0 bridgehead atoms. The summed E-state index contributed by atoms with van der Waals surface area (Å²) in [6.45, 7) is 9.49. The lowest BCUT2D eigenvalue weighted by Gasteiger charge is -2.19. The van der Waals surface area contributed by atoms with Crippen LogP contribution in [0.3, 0.4) is 0 Å². The number of amides is 1. The molecule has 27 heavy (non-hydrogen) atoms. The molecular formula is C17H34N2O8. The predicted molar refractivity (Wildman–Crippen MR) is 97.5 cm³/mol. The lowest BCUT2D eigenvalue weighted by molar-refractivity contribution is -0.138. The molecule has 10 nitrogen and oxygen atoms in total. The lowest BCUT2D eigenvalue weighted by atomic mass is 10.2. The molecule has 0 aromatic rings. The molecule has 0 aromatic heterocycles. The zero-order valence-electron chi connectivity index (χ0n) is 16.8. The van der Waals surface area contributed by atoms with E-state index in [1.165, 1.54) is 0 Å². The van der Waals surface area contributed by atoms with Crippen LogP contribution < -0.4 is 5.48 Å². The van der Waals surface area contributed by atoms with Crippen LogP contribution in [0.2, 0.25) is 0 Å². The van der Waals surface area contributed by atoms with E-state index in [0.717, 1.165) is 13.1 Å². The van der Waals surface area contributed by atoms with Gasteiger partial charge < -0.3 is 29.0 Å². The second kappa shape index (κ2) is 15.6. The first-order valence-electron chi connectivity index (χ1n) is 8.95. The molecule has 0 spiro atoms. The number of likely N-dealkylation sites (N-methyl/N-ethyl adjacent to an activating group) is 1. The Kier molecular flexibility index (Phi) is 14.7. The molecule has 1 amide bonds. The Morgan fingerprint density at radius 3 is 1.93 bits per heavy atom. The van der Waals surface area contributed by atoms with E-state index < -0.39 is 17.7 Å². The van der Waals surface area contributed by atoms with Gasteiger partial charge in [-0.05, 0) is 27.8 Å². The summed E-state index contributed by atoms with van der Waals surface area (Å²) in [5.41, 5.74) is 1.63. The van der Waals surface area contributed by atoms with Crippen molar-refractivity contribution in [2.75, 3.05) is 66.4 Å². The van der Waals surface area contributed by atoms with Crippen LogP contribution in [-0.2, 0) is 28.6 Å². The number of carboxylic acids is 1. The van der Waals surface area contributed by atoms with Gasteiger partial charge in [-0.3, -0.25) is 9.63 Å².